The van der Waals surface area contributed by atoms with E-state index in [2.05, 4.69) is 38.2 Å². The summed E-state index contributed by atoms with van der Waals surface area (Å²) in [6.45, 7) is 4.50. The van der Waals surface area contributed by atoms with Gasteiger partial charge in [-0.1, -0.05) is 44.2 Å². The van der Waals surface area contributed by atoms with Crippen LogP contribution in [-0.4, -0.2) is 31.8 Å². The molecule has 1 N–H and O–H groups in total. The first-order valence-electron chi connectivity index (χ1n) is 5.52. The lowest BCUT2D eigenvalue weighted by Crippen LogP contribution is -2.22. The summed E-state index contributed by atoms with van der Waals surface area (Å²) in [5, 5.41) is 8.98. The zero-order valence-corrected chi connectivity index (χ0v) is 10.9. The van der Waals surface area contributed by atoms with E-state index in [1.54, 1.807) is 0 Å². The Morgan fingerprint density at radius 3 is 2.27 bits per heavy atom. The SMILES string of the molecule is C1=CCC=C1.[B]CPC[C@](C)(CC)CO. The van der Waals surface area contributed by atoms with Gasteiger partial charge in [-0.3, -0.25) is 0 Å². The van der Waals surface area contributed by atoms with Gasteiger partial charge in [0.15, 0.2) is 0 Å². The number of aliphatic hydroxyl groups excluding tert-OH is 1. The van der Waals surface area contributed by atoms with Crippen molar-refractivity contribution in [3.05, 3.63) is 24.3 Å². The fourth-order valence-electron chi connectivity index (χ4n) is 1.06. The molecule has 0 spiro atoms. The van der Waals surface area contributed by atoms with Crippen molar-refractivity contribution >= 4 is 16.4 Å². The number of hydrogen-bond acceptors (Lipinski definition) is 1. The minimum atomic E-state index is 0.123. The van der Waals surface area contributed by atoms with E-state index in [0.717, 1.165) is 33.6 Å². The third-order valence-electron chi connectivity index (χ3n) is 2.59. The van der Waals surface area contributed by atoms with E-state index >= 15 is 0 Å². The second-order valence-corrected chi connectivity index (χ2v) is 5.31. The molecule has 2 atom stereocenters. The molecule has 0 aromatic rings. The Morgan fingerprint density at radius 1 is 1.40 bits per heavy atom. The highest BCUT2D eigenvalue weighted by atomic mass is 31.1. The summed E-state index contributed by atoms with van der Waals surface area (Å²) in [7, 11) is 6.17. The molecule has 1 nitrogen and oxygen atoms in total. The topological polar surface area (TPSA) is 20.2 Å². The molecule has 2 radical (unpaired) electrons. The maximum Gasteiger partial charge on any atom is 0.0712 e. The second kappa shape index (κ2) is 9.18. The minimum Gasteiger partial charge on any atom is -0.396 e. The largest absolute Gasteiger partial charge is 0.396 e. The lowest BCUT2D eigenvalue weighted by molar-refractivity contribution is 0.159. The molecule has 84 valence electrons. The summed E-state index contributed by atoms with van der Waals surface area (Å²) in [6.07, 6.45) is 11.6. The van der Waals surface area contributed by atoms with Gasteiger partial charge in [0.25, 0.3) is 0 Å². The predicted molar refractivity (Wildman–Crippen MR) is 72.2 cm³/mol. The number of aliphatic hydroxyl groups is 1. The molecule has 1 unspecified atom stereocenters. The molecular formula is C12H22BOP. The molecule has 1 aliphatic rings. The zero-order valence-electron chi connectivity index (χ0n) is 9.87. The fraction of sp³-hybridized carbons (Fsp3) is 0.667. The van der Waals surface area contributed by atoms with E-state index in [1.165, 1.54) is 0 Å². The summed E-state index contributed by atoms with van der Waals surface area (Å²) in [5.41, 5.74) is 0.123. The smallest absolute Gasteiger partial charge is 0.0712 e. The van der Waals surface area contributed by atoms with Crippen molar-refractivity contribution in [2.75, 3.05) is 18.8 Å². The molecule has 15 heavy (non-hydrogen) atoms. The van der Waals surface area contributed by atoms with Crippen molar-refractivity contribution in [2.45, 2.75) is 26.7 Å². The Labute approximate surface area is 97.2 Å². The van der Waals surface area contributed by atoms with Gasteiger partial charge in [0.2, 0.25) is 0 Å². The van der Waals surface area contributed by atoms with Crippen LogP contribution >= 0.6 is 8.58 Å². The first-order valence-corrected chi connectivity index (χ1v) is 6.93. The Bertz CT molecular complexity index is 188. The van der Waals surface area contributed by atoms with Crippen LogP contribution in [0.1, 0.15) is 26.7 Å². The molecule has 0 aromatic heterocycles. The quantitative estimate of drug-likeness (QED) is 0.562. The molecular weight excluding hydrogens is 202 g/mol. The average molecular weight is 224 g/mol. The van der Waals surface area contributed by atoms with Gasteiger partial charge >= 0.3 is 0 Å². The number of rotatable bonds is 5. The molecule has 0 saturated carbocycles. The summed E-state index contributed by atoms with van der Waals surface area (Å²) in [6, 6.07) is 0.760. The highest BCUT2D eigenvalue weighted by molar-refractivity contribution is 7.40. The molecule has 0 fully saturated rings. The summed E-state index contributed by atoms with van der Waals surface area (Å²) >= 11 is 0. The molecule has 0 aliphatic heterocycles. The molecule has 1 aliphatic carbocycles. The Hall–Kier alpha value is -0.0651. The van der Waals surface area contributed by atoms with Crippen LogP contribution < -0.4 is 0 Å². The minimum absolute atomic E-state index is 0.123. The molecule has 1 rings (SSSR count). The van der Waals surface area contributed by atoms with E-state index in [-0.39, 0.29) is 12.0 Å². The lowest BCUT2D eigenvalue weighted by atomic mass is 9.91. The van der Waals surface area contributed by atoms with E-state index in [1.807, 2.05) is 0 Å². The Balaban J connectivity index is 0.000000322. The van der Waals surface area contributed by atoms with Gasteiger partial charge in [0, 0.05) is 6.61 Å². The van der Waals surface area contributed by atoms with Crippen LogP contribution in [0.5, 0.6) is 0 Å². The van der Waals surface area contributed by atoms with Crippen molar-refractivity contribution < 1.29 is 5.11 Å². The monoisotopic (exact) mass is 224 g/mol. The molecule has 0 amide bonds. The normalized spacial score (nSPS) is 17.8. The molecule has 3 heteroatoms. The van der Waals surface area contributed by atoms with Gasteiger partial charge in [0.1, 0.15) is 0 Å². The van der Waals surface area contributed by atoms with Gasteiger partial charge in [-0.15, -0.1) is 8.58 Å². The zero-order chi connectivity index (χ0) is 11.6. The van der Waals surface area contributed by atoms with E-state index in [9.17, 15) is 0 Å². The third-order valence-corrected chi connectivity index (χ3v) is 3.98. The maximum absolute atomic E-state index is 8.98. The van der Waals surface area contributed by atoms with Crippen molar-refractivity contribution in [3.63, 3.8) is 0 Å². The standard InChI is InChI=1S/C7H16BOP.C5H6/c1-3-7(2,4-9)5-10-6-8;1-2-4-5-3-1/h9-10H,3-6H2,1-2H3;1-4H,5H2/t7-;/m1./s1. The van der Waals surface area contributed by atoms with Gasteiger partial charge in [-0.25, -0.2) is 0 Å². The maximum atomic E-state index is 8.98. The van der Waals surface area contributed by atoms with Gasteiger partial charge in [0.05, 0.1) is 7.85 Å². The number of hydrogen-bond donors (Lipinski definition) is 1. The van der Waals surface area contributed by atoms with Crippen molar-refractivity contribution in [2.24, 2.45) is 5.41 Å². The fourth-order valence-corrected chi connectivity index (χ4v) is 2.17. The van der Waals surface area contributed by atoms with Crippen LogP contribution in [0.4, 0.5) is 0 Å². The van der Waals surface area contributed by atoms with Crippen LogP contribution in [-0.2, 0) is 0 Å². The van der Waals surface area contributed by atoms with Crippen molar-refractivity contribution in [1.29, 1.82) is 0 Å². The predicted octanol–water partition coefficient (Wildman–Crippen LogP) is 2.70. The van der Waals surface area contributed by atoms with Crippen LogP contribution in [0.15, 0.2) is 24.3 Å². The second-order valence-electron chi connectivity index (χ2n) is 4.05. The first-order chi connectivity index (χ1) is 7.18. The van der Waals surface area contributed by atoms with E-state index < -0.39 is 0 Å². The average Bonchev–Trinajstić information content (AvgIpc) is 2.84. The van der Waals surface area contributed by atoms with Gasteiger partial charge in [-0.05, 0) is 24.4 Å². The third kappa shape index (κ3) is 7.82. The van der Waals surface area contributed by atoms with Crippen LogP contribution in [0, 0.1) is 5.41 Å². The first kappa shape index (κ1) is 14.9. The van der Waals surface area contributed by atoms with Gasteiger partial charge in [-0.2, -0.15) is 0 Å². The van der Waals surface area contributed by atoms with Gasteiger partial charge < -0.3 is 5.11 Å². The van der Waals surface area contributed by atoms with Crippen LogP contribution in [0.3, 0.4) is 0 Å². The molecule has 0 saturated heterocycles. The van der Waals surface area contributed by atoms with Crippen LogP contribution in [0.2, 0.25) is 0 Å². The molecule has 0 heterocycles. The van der Waals surface area contributed by atoms with Crippen molar-refractivity contribution in [1.82, 2.24) is 0 Å². The molecule has 0 aromatic carbocycles. The Morgan fingerprint density at radius 2 is 2.00 bits per heavy atom. The summed E-state index contributed by atoms with van der Waals surface area (Å²) < 4.78 is 0. The highest BCUT2D eigenvalue weighted by Crippen LogP contribution is 2.27. The molecule has 0 bridgehead atoms. The highest BCUT2D eigenvalue weighted by Gasteiger charge is 2.19. The van der Waals surface area contributed by atoms with Crippen LogP contribution in [0.25, 0.3) is 0 Å². The summed E-state index contributed by atoms with van der Waals surface area (Å²) in [5.74, 6) is 0. The van der Waals surface area contributed by atoms with Crippen molar-refractivity contribution in [3.8, 4) is 0 Å². The Kier molecular flexibility index (Phi) is 9.14. The lowest BCUT2D eigenvalue weighted by Gasteiger charge is -2.24. The van der Waals surface area contributed by atoms with E-state index in [0.29, 0.717) is 0 Å². The summed E-state index contributed by atoms with van der Waals surface area (Å²) in [4.78, 5) is 0. The number of allylic oxidation sites excluding steroid dienone is 4. The van der Waals surface area contributed by atoms with E-state index in [4.69, 9.17) is 13.0 Å².